The number of hydrogen-bond donors (Lipinski definition) is 2. The summed E-state index contributed by atoms with van der Waals surface area (Å²) in [6.07, 6.45) is 0.853. The van der Waals surface area contributed by atoms with Gasteiger partial charge < -0.3 is 10.8 Å². The van der Waals surface area contributed by atoms with E-state index in [2.05, 4.69) is 19.9 Å². The number of aliphatic hydroxyl groups excluding tert-OH is 1. The number of nitrogen functional groups attached to an aromatic ring is 1. The summed E-state index contributed by atoms with van der Waals surface area (Å²) in [7, 11) is 0. The van der Waals surface area contributed by atoms with Crippen molar-refractivity contribution in [1.29, 1.82) is 0 Å². The van der Waals surface area contributed by atoms with Gasteiger partial charge in [0.1, 0.15) is 0 Å². The van der Waals surface area contributed by atoms with Crippen molar-refractivity contribution in [2.45, 2.75) is 31.3 Å². The van der Waals surface area contributed by atoms with Gasteiger partial charge in [0.05, 0.1) is 0 Å². The molecule has 0 aliphatic heterocycles. The lowest BCUT2D eigenvalue weighted by Crippen LogP contribution is -2.01. The molecule has 0 aliphatic carbocycles. The third-order valence-corrected chi connectivity index (χ3v) is 3.83. The van der Waals surface area contributed by atoms with Gasteiger partial charge in [0.2, 0.25) is 0 Å². The summed E-state index contributed by atoms with van der Waals surface area (Å²) in [5.74, 6) is 0.970. The minimum Gasteiger partial charge on any atom is -0.399 e. The molecule has 0 saturated carbocycles. The normalized spacial score (nSPS) is 12.7. The monoisotopic (exact) mass is 225 g/mol. The van der Waals surface area contributed by atoms with Crippen LogP contribution < -0.4 is 5.73 Å². The van der Waals surface area contributed by atoms with E-state index in [9.17, 15) is 0 Å². The topological polar surface area (TPSA) is 46.2 Å². The highest BCUT2D eigenvalue weighted by Crippen LogP contribution is 2.24. The predicted octanol–water partition coefficient (Wildman–Crippen LogP) is 2.58. The average molecular weight is 225 g/mol. The Labute approximate surface area is 95.9 Å². The maximum Gasteiger partial charge on any atom is 0.0441 e. The number of thioether (sulfide) groups is 1. The molecule has 1 atom stereocenters. The van der Waals surface area contributed by atoms with Crippen molar-refractivity contribution in [2.24, 2.45) is 0 Å². The Morgan fingerprint density at radius 2 is 2.20 bits per heavy atom. The fourth-order valence-electron chi connectivity index (χ4n) is 1.36. The zero-order valence-corrected chi connectivity index (χ0v) is 10.2. The predicted molar refractivity (Wildman–Crippen MR) is 68.1 cm³/mol. The molecule has 1 rings (SSSR count). The van der Waals surface area contributed by atoms with Gasteiger partial charge in [0, 0.05) is 23.3 Å². The molecule has 0 saturated heterocycles. The zero-order chi connectivity index (χ0) is 11.3. The van der Waals surface area contributed by atoms with Crippen LogP contribution in [0.25, 0.3) is 0 Å². The summed E-state index contributed by atoms with van der Waals surface area (Å²) in [6.45, 7) is 4.47. The van der Waals surface area contributed by atoms with Crippen LogP contribution >= 0.6 is 11.8 Å². The van der Waals surface area contributed by atoms with Gasteiger partial charge in [0.15, 0.2) is 0 Å². The highest BCUT2D eigenvalue weighted by molar-refractivity contribution is 7.99. The van der Waals surface area contributed by atoms with Gasteiger partial charge in [-0.3, -0.25) is 0 Å². The SMILES string of the molecule is Cc1c(N)cccc1CSC(C)CCO. The maximum absolute atomic E-state index is 8.80. The van der Waals surface area contributed by atoms with Crippen molar-refractivity contribution in [3.05, 3.63) is 29.3 Å². The van der Waals surface area contributed by atoms with E-state index < -0.39 is 0 Å². The van der Waals surface area contributed by atoms with Crippen molar-refractivity contribution in [1.82, 2.24) is 0 Å². The van der Waals surface area contributed by atoms with Gasteiger partial charge >= 0.3 is 0 Å². The number of aliphatic hydroxyl groups is 1. The minimum absolute atomic E-state index is 0.268. The van der Waals surface area contributed by atoms with E-state index in [1.165, 1.54) is 11.1 Å². The van der Waals surface area contributed by atoms with Gasteiger partial charge in [-0.2, -0.15) is 11.8 Å². The van der Waals surface area contributed by atoms with Gasteiger partial charge in [-0.15, -0.1) is 0 Å². The first-order valence-electron chi connectivity index (χ1n) is 5.21. The van der Waals surface area contributed by atoms with Gasteiger partial charge in [-0.25, -0.2) is 0 Å². The van der Waals surface area contributed by atoms with Crippen LogP contribution in [0, 0.1) is 6.92 Å². The molecule has 0 spiro atoms. The van der Waals surface area contributed by atoms with E-state index >= 15 is 0 Å². The third kappa shape index (κ3) is 3.76. The van der Waals surface area contributed by atoms with E-state index in [-0.39, 0.29) is 6.61 Å². The minimum atomic E-state index is 0.268. The second-order valence-corrected chi connectivity index (χ2v) is 5.19. The summed E-state index contributed by atoms with van der Waals surface area (Å²) >= 11 is 1.86. The van der Waals surface area contributed by atoms with Crippen LogP contribution in [0.4, 0.5) is 5.69 Å². The Morgan fingerprint density at radius 1 is 1.47 bits per heavy atom. The summed E-state index contributed by atoms with van der Waals surface area (Å²) < 4.78 is 0. The molecular formula is C12H19NOS. The second-order valence-electron chi connectivity index (χ2n) is 3.77. The fourth-order valence-corrected chi connectivity index (χ4v) is 2.41. The Balaban J connectivity index is 2.54. The summed E-state index contributed by atoms with van der Waals surface area (Å²) in [5.41, 5.74) is 9.18. The molecule has 3 N–H and O–H groups in total. The molecule has 0 amide bonds. The molecule has 0 fully saturated rings. The number of anilines is 1. The molecule has 3 heteroatoms. The van der Waals surface area contributed by atoms with Gasteiger partial charge in [-0.05, 0) is 30.5 Å². The number of benzene rings is 1. The first-order valence-corrected chi connectivity index (χ1v) is 6.26. The number of hydrogen-bond acceptors (Lipinski definition) is 3. The smallest absolute Gasteiger partial charge is 0.0441 e. The molecule has 1 aromatic rings. The van der Waals surface area contributed by atoms with Crippen molar-refractivity contribution < 1.29 is 5.11 Å². The fraction of sp³-hybridized carbons (Fsp3) is 0.500. The lowest BCUT2D eigenvalue weighted by Gasteiger charge is -2.12. The molecule has 1 aromatic carbocycles. The molecule has 0 heterocycles. The highest BCUT2D eigenvalue weighted by atomic mass is 32.2. The van der Waals surface area contributed by atoms with E-state index in [4.69, 9.17) is 10.8 Å². The van der Waals surface area contributed by atoms with Crippen LogP contribution in [0.5, 0.6) is 0 Å². The largest absolute Gasteiger partial charge is 0.399 e. The summed E-state index contributed by atoms with van der Waals surface area (Å²) in [6, 6.07) is 6.04. The lowest BCUT2D eigenvalue weighted by atomic mass is 10.1. The average Bonchev–Trinajstić information content (AvgIpc) is 2.21. The van der Waals surface area contributed by atoms with E-state index in [1.807, 2.05) is 23.9 Å². The standard InChI is InChI=1S/C12H19NOS/c1-9(6-7-14)15-8-11-4-3-5-12(13)10(11)2/h3-5,9,14H,6-8,13H2,1-2H3. The third-order valence-electron chi connectivity index (χ3n) is 2.55. The van der Waals surface area contributed by atoms with Crippen LogP contribution in [-0.4, -0.2) is 17.0 Å². The molecule has 0 aliphatic rings. The van der Waals surface area contributed by atoms with Crippen LogP contribution in [0.15, 0.2) is 18.2 Å². The molecule has 84 valence electrons. The summed E-state index contributed by atoms with van der Waals surface area (Å²) in [5, 5.41) is 9.30. The molecule has 0 aromatic heterocycles. The van der Waals surface area contributed by atoms with E-state index in [0.29, 0.717) is 5.25 Å². The molecule has 0 radical (unpaired) electrons. The maximum atomic E-state index is 8.80. The van der Waals surface area contributed by atoms with Crippen LogP contribution in [0.3, 0.4) is 0 Å². The number of nitrogens with two attached hydrogens (primary N) is 1. The van der Waals surface area contributed by atoms with E-state index in [1.54, 1.807) is 0 Å². The van der Waals surface area contributed by atoms with Crippen LogP contribution in [-0.2, 0) is 5.75 Å². The number of rotatable bonds is 5. The highest BCUT2D eigenvalue weighted by Gasteiger charge is 2.05. The summed E-state index contributed by atoms with van der Waals surface area (Å²) in [4.78, 5) is 0. The van der Waals surface area contributed by atoms with Crippen molar-refractivity contribution in [3.8, 4) is 0 Å². The second kappa shape index (κ2) is 6.03. The molecule has 1 unspecified atom stereocenters. The van der Waals surface area contributed by atoms with Gasteiger partial charge in [-0.1, -0.05) is 19.1 Å². The lowest BCUT2D eigenvalue weighted by molar-refractivity contribution is 0.289. The Bertz CT molecular complexity index is 314. The zero-order valence-electron chi connectivity index (χ0n) is 9.36. The Kier molecular flexibility index (Phi) is 4.99. The first kappa shape index (κ1) is 12.4. The van der Waals surface area contributed by atoms with Crippen LogP contribution in [0.1, 0.15) is 24.5 Å². The molecular weight excluding hydrogens is 206 g/mol. The quantitative estimate of drug-likeness (QED) is 0.757. The Morgan fingerprint density at radius 3 is 2.87 bits per heavy atom. The van der Waals surface area contributed by atoms with Crippen molar-refractivity contribution in [3.63, 3.8) is 0 Å². The molecule has 15 heavy (non-hydrogen) atoms. The van der Waals surface area contributed by atoms with Crippen molar-refractivity contribution >= 4 is 17.4 Å². The molecule has 0 bridgehead atoms. The van der Waals surface area contributed by atoms with E-state index in [0.717, 1.165) is 17.9 Å². The van der Waals surface area contributed by atoms with Crippen molar-refractivity contribution in [2.75, 3.05) is 12.3 Å². The Hall–Kier alpha value is -0.670. The van der Waals surface area contributed by atoms with Crippen LogP contribution in [0.2, 0.25) is 0 Å². The molecule has 2 nitrogen and oxygen atoms in total. The first-order chi connectivity index (χ1) is 7.15. The van der Waals surface area contributed by atoms with Gasteiger partial charge in [0.25, 0.3) is 0 Å².